The molecule has 1 unspecified atom stereocenters. The molecule has 138 valence electrons. The molecule has 6 nitrogen and oxygen atoms in total. The summed E-state index contributed by atoms with van der Waals surface area (Å²) in [6.07, 6.45) is 0.388. The van der Waals surface area contributed by atoms with Gasteiger partial charge in [-0.2, -0.15) is 0 Å². The molecule has 0 aliphatic carbocycles. The summed E-state index contributed by atoms with van der Waals surface area (Å²) >= 11 is 0. The maximum Gasteiger partial charge on any atom is 0.231 e. The second kappa shape index (κ2) is 7.53. The molecule has 2 aromatic rings. The first kappa shape index (κ1) is 17.1. The number of hydrogen-bond donors (Lipinski definition) is 2. The Kier molecular flexibility index (Phi) is 4.97. The zero-order chi connectivity index (χ0) is 17.9. The molecule has 6 heteroatoms. The van der Waals surface area contributed by atoms with Crippen LogP contribution in [0.15, 0.2) is 36.4 Å². The van der Waals surface area contributed by atoms with E-state index in [1.807, 2.05) is 30.3 Å². The molecule has 0 aromatic heterocycles. The second-order valence-corrected chi connectivity index (χ2v) is 6.67. The van der Waals surface area contributed by atoms with E-state index in [0.29, 0.717) is 13.2 Å². The van der Waals surface area contributed by atoms with Gasteiger partial charge in [-0.25, -0.2) is 0 Å². The summed E-state index contributed by atoms with van der Waals surface area (Å²) < 4.78 is 16.3. The molecule has 2 aliphatic rings. The minimum absolute atomic E-state index is 0.0301. The quantitative estimate of drug-likeness (QED) is 0.788. The van der Waals surface area contributed by atoms with E-state index in [-0.39, 0.29) is 20.0 Å². The molecule has 0 saturated carbocycles. The van der Waals surface area contributed by atoms with Crippen LogP contribution < -0.4 is 14.4 Å². The predicted molar refractivity (Wildman–Crippen MR) is 96.5 cm³/mol. The average molecular weight is 357 g/mol. The van der Waals surface area contributed by atoms with E-state index >= 15 is 0 Å². The molecule has 0 amide bonds. The highest BCUT2D eigenvalue weighted by molar-refractivity contribution is 5.59. The first-order valence-corrected chi connectivity index (χ1v) is 8.85. The number of aliphatic hydroxyl groups excluding tert-OH is 2. The number of β-amino-alcohol motifs (C(OH)–C–C–N with tert-alkyl or cyclic N) is 1. The summed E-state index contributed by atoms with van der Waals surface area (Å²) in [6, 6.07) is 11.7. The van der Waals surface area contributed by atoms with Crippen molar-refractivity contribution in [3.05, 3.63) is 53.1 Å². The van der Waals surface area contributed by atoms with Crippen LogP contribution in [0.3, 0.4) is 0 Å². The molecule has 4 rings (SSSR count). The van der Waals surface area contributed by atoms with Crippen LogP contribution >= 0.6 is 0 Å². The summed E-state index contributed by atoms with van der Waals surface area (Å²) in [6.45, 7) is 2.36. The fourth-order valence-electron chi connectivity index (χ4n) is 3.43. The number of nitrogens with zero attached hydrogens (tertiary/aromatic N) is 1. The van der Waals surface area contributed by atoms with Gasteiger partial charge in [0.25, 0.3) is 0 Å². The van der Waals surface area contributed by atoms with Gasteiger partial charge in [0, 0.05) is 18.8 Å². The highest BCUT2D eigenvalue weighted by atomic mass is 16.7. The van der Waals surface area contributed by atoms with Crippen LogP contribution in [0.4, 0.5) is 5.69 Å². The van der Waals surface area contributed by atoms with E-state index in [9.17, 15) is 10.2 Å². The number of benzene rings is 2. The largest absolute Gasteiger partial charge is 0.454 e. The Labute approximate surface area is 152 Å². The lowest BCUT2D eigenvalue weighted by molar-refractivity contribution is 0.0321. The average Bonchev–Trinajstić information content (AvgIpc) is 3.28. The standard InChI is InChI=1S/C20H23NO5/c22-10-14-1-3-16-5-6-21(18(16)7-14)9-17(23)12-24-11-15-2-4-19-20(8-15)26-13-25-19/h1-4,7-8,17,22-23H,5-6,9-13H2. The molecule has 2 aromatic carbocycles. The third kappa shape index (κ3) is 3.62. The van der Waals surface area contributed by atoms with E-state index < -0.39 is 6.10 Å². The van der Waals surface area contributed by atoms with E-state index in [1.54, 1.807) is 0 Å². The van der Waals surface area contributed by atoms with Crippen molar-refractivity contribution < 1.29 is 24.4 Å². The Morgan fingerprint density at radius 2 is 1.92 bits per heavy atom. The van der Waals surface area contributed by atoms with Gasteiger partial charge in [0.15, 0.2) is 11.5 Å². The Balaban J connectivity index is 1.28. The fraction of sp³-hybridized carbons (Fsp3) is 0.400. The monoisotopic (exact) mass is 357 g/mol. The number of rotatable bonds is 7. The van der Waals surface area contributed by atoms with Crippen LogP contribution in [0.2, 0.25) is 0 Å². The van der Waals surface area contributed by atoms with E-state index in [2.05, 4.69) is 11.0 Å². The molecule has 2 N–H and O–H groups in total. The van der Waals surface area contributed by atoms with Crippen molar-refractivity contribution in [1.29, 1.82) is 0 Å². The molecule has 1 atom stereocenters. The van der Waals surface area contributed by atoms with Gasteiger partial charge in [-0.05, 0) is 41.3 Å². The van der Waals surface area contributed by atoms with Gasteiger partial charge < -0.3 is 29.3 Å². The third-order valence-electron chi connectivity index (χ3n) is 4.77. The summed E-state index contributed by atoms with van der Waals surface area (Å²) in [7, 11) is 0. The summed E-state index contributed by atoms with van der Waals surface area (Å²) in [5, 5.41) is 19.6. The summed E-state index contributed by atoms with van der Waals surface area (Å²) in [5.41, 5.74) is 4.24. The number of aliphatic hydroxyl groups is 2. The van der Waals surface area contributed by atoms with E-state index in [0.717, 1.165) is 41.3 Å². The lowest BCUT2D eigenvalue weighted by atomic mass is 10.1. The Morgan fingerprint density at radius 1 is 1.08 bits per heavy atom. The second-order valence-electron chi connectivity index (χ2n) is 6.67. The summed E-state index contributed by atoms with van der Waals surface area (Å²) in [4.78, 5) is 2.16. The van der Waals surface area contributed by atoms with Crippen LogP contribution in [-0.2, 0) is 24.4 Å². The van der Waals surface area contributed by atoms with Crippen LogP contribution in [0.25, 0.3) is 0 Å². The Bertz CT molecular complexity index is 779. The van der Waals surface area contributed by atoms with Gasteiger partial charge in [0.1, 0.15) is 0 Å². The Hall–Kier alpha value is -2.28. The predicted octanol–water partition coefficient (Wildman–Crippen LogP) is 1.85. The highest BCUT2D eigenvalue weighted by Gasteiger charge is 2.22. The van der Waals surface area contributed by atoms with Gasteiger partial charge in [0.05, 0.1) is 25.9 Å². The molecule has 0 saturated heterocycles. The first-order valence-electron chi connectivity index (χ1n) is 8.85. The zero-order valence-electron chi connectivity index (χ0n) is 14.6. The zero-order valence-corrected chi connectivity index (χ0v) is 14.6. The third-order valence-corrected chi connectivity index (χ3v) is 4.77. The maximum absolute atomic E-state index is 10.3. The fourth-order valence-corrected chi connectivity index (χ4v) is 3.43. The maximum atomic E-state index is 10.3. The van der Waals surface area contributed by atoms with Gasteiger partial charge in [-0.15, -0.1) is 0 Å². The van der Waals surface area contributed by atoms with E-state index in [1.165, 1.54) is 5.56 Å². The summed E-state index contributed by atoms with van der Waals surface area (Å²) in [5.74, 6) is 1.49. The molecule has 0 spiro atoms. The normalized spacial score (nSPS) is 16.0. The molecular weight excluding hydrogens is 334 g/mol. The molecule has 0 bridgehead atoms. The van der Waals surface area contributed by atoms with Gasteiger partial charge in [0.2, 0.25) is 6.79 Å². The molecule has 0 fully saturated rings. The lowest BCUT2D eigenvalue weighted by Gasteiger charge is -2.23. The minimum atomic E-state index is -0.576. The highest BCUT2D eigenvalue weighted by Crippen LogP contribution is 2.32. The van der Waals surface area contributed by atoms with Crippen LogP contribution in [-0.4, -0.2) is 42.8 Å². The van der Waals surface area contributed by atoms with Crippen molar-refractivity contribution in [2.24, 2.45) is 0 Å². The van der Waals surface area contributed by atoms with Crippen molar-refractivity contribution in [2.45, 2.75) is 25.7 Å². The molecular formula is C20H23NO5. The number of fused-ring (bicyclic) bond motifs is 2. The van der Waals surface area contributed by atoms with Crippen molar-refractivity contribution >= 4 is 5.69 Å². The van der Waals surface area contributed by atoms with Gasteiger partial charge >= 0.3 is 0 Å². The molecule has 0 radical (unpaired) electrons. The van der Waals surface area contributed by atoms with Crippen molar-refractivity contribution in [1.82, 2.24) is 0 Å². The van der Waals surface area contributed by atoms with Crippen molar-refractivity contribution in [3.8, 4) is 11.5 Å². The number of anilines is 1. The van der Waals surface area contributed by atoms with Gasteiger partial charge in [-0.1, -0.05) is 18.2 Å². The van der Waals surface area contributed by atoms with Gasteiger partial charge in [-0.3, -0.25) is 0 Å². The van der Waals surface area contributed by atoms with Crippen LogP contribution in [0.5, 0.6) is 11.5 Å². The number of hydrogen-bond acceptors (Lipinski definition) is 6. The first-order chi connectivity index (χ1) is 12.7. The van der Waals surface area contributed by atoms with E-state index in [4.69, 9.17) is 14.2 Å². The SMILES string of the molecule is OCc1ccc2c(c1)N(CC(O)COCc1ccc3c(c1)OCO3)CC2. The molecule has 2 heterocycles. The van der Waals surface area contributed by atoms with Crippen molar-refractivity contribution in [2.75, 3.05) is 31.4 Å². The lowest BCUT2D eigenvalue weighted by Crippen LogP contribution is -2.33. The van der Waals surface area contributed by atoms with Crippen LogP contribution in [0, 0.1) is 0 Å². The Morgan fingerprint density at radius 3 is 2.81 bits per heavy atom. The minimum Gasteiger partial charge on any atom is -0.454 e. The topological polar surface area (TPSA) is 71.4 Å². The van der Waals surface area contributed by atoms with Crippen LogP contribution in [0.1, 0.15) is 16.7 Å². The van der Waals surface area contributed by atoms with Crippen molar-refractivity contribution in [3.63, 3.8) is 0 Å². The molecule has 2 aliphatic heterocycles. The smallest absolute Gasteiger partial charge is 0.231 e. The molecule has 26 heavy (non-hydrogen) atoms. The number of ether oxygens (including phenoxy) is 3.